The summed E-state index contributed by atoms with van der Waals surface area (Å²) in [6.07, 6.45) is 7.17. The molecule has 1 aliphatic rings. The molecule has 140 valence electrons. The Morgan fingerprint density at radius 2 is 2.11 bits per heavy atom. The van der Waals surface area contributed by atoms with E-state index >= 15 is 0 Å². The molecule has 27 heavy (non-hydrogen) atoms. The topological polar surface area (TPSA) is 63.1 Å². The Kier molecular flexibility index (Phi) is 5.00. The van der Waals surface area contributed by atoms with Crippen LogP contribution >= 0.6 is 0 Å². The van der Waals surface area contributed by atoms with Crippen molar-refractivity contribution in [3.8, 4) is 0 Å². The molecule has 0 aliphatic carbocycles. The molecule has 4 rings (SSSR count). The molecule has 7 heteroatoms. The van der Waals surface area contributed by atoms with Gasteiger partial charge in [-0.25, -0.2) is 14.4 Å². The largest absolute Gasteiger partial charge is 0.354 e. The van der Waals surface area contributed by atoms with Gasteiger partial charge in [0.1, 0.15) is 5.82 Å². The van der Waals surface area contributed by atoms with Crippen molar-refractivity contribution in [3.63, 3.8) is 0 Å². The van der Waals surface area contributed by atoms with Crippen molar-refractivity contribution in [1.82, 2.24) is 19.9 Å². The molecule has 1 fully saturated rings. The minimum absolute atomic E-state index is 0.0540. The second-order valence-electron chi connectivity index (χ2n) is 6.84. The van der Waals surface area contributed by atoms with E-state index in [1.54, 1.807) is 24.5 Å². The minimum Gasteiger partial charge on any atom is -0.354 e. The number of carbonyl (C=O) groups excluding carboxylic acids is 1. The summed E-state index contributed by atoms with van der Waals surface area (Å²) >= 11 is 0. The predicted octanol–water partition coefficient (Wildman–Crippen LogP) is 2.60. The van der Waals surface area contributed by atoms with Crippen LogP contribution in [0.2, 0.25) is 0 Å². The third-order valence-corrected chi connectivity index (χ3v) is 5.02. The van der Waals surface area contributed by atoms with Gasteiger partial charge in [0.15, 0.2) is 0 Å². The molecule has 0 spiro atoms. The number of anilines is 1. The highest BCUT2D eigenvalue weighted by Crippen LogP contribution is 2.20. The number of benzene rings is 1. The van der Waals surface area contributed by atoms with Gasteiger partial charge in [0.2, 0.25) is 11.9 Å². The van der Waals surface area contributed by atoms with Crippen molar-refractivity contribution in [2.24, 2.45) is 5.92 Å². The fourth-order valence-corrected chi connectivity index (χ4v) is 3.62. The quantitative estimate of drug-likeness (QED) is 0.753. The fraction of sp³-hybridized carbons (Fsp3) is 0.350. The molecule has 6 nitrogen and oxygen atoms in total. The number of carbonyl (C=O) groups is 1. The van der Waals surface area contributed by atoms with Gasteiger partial charge in [-0.3, -0.25) is 4.79 Å². The minimum atomic E-state index is -0.253. The molecule has 0 radical (unpaired) electrons. The third-order valence-electron chi connectivity index (χ3n) is 5.02. The molecule has 1 amide bonds. The number of aromatic nitrogens is 3. The summed E-state index contributed by atoms with van der Waals surface area (Å²) in [6, 6.07) is 8.49. The zero-order valence-electron chi connectivity index (χ0n) is 15.0. The summed E-state index contributed by atoms with van der Waals surface area (Å²) < 4.78 is 15.4. The molecule has 0 bridgehead atoms. The highest BCUT2D eigenvalue weighted by Gasteiger charge is 2.26. The number of amides is 1. The highest BCUT2D eigenvalue weighted by atomic mass is 19.1. The molecule has 0 unspecified atom stereocenters. The Hall–Kier alpha value is -2.96. The van der Waals surface area contributed by atoms with E-state index in [2.05, 4.69) is 20.2 Å². The molecule has 1 atom stereocenters. The van der Waals surface area contributed by atoms with Crippen LogP contribution in [-0.4, -0.2) is 40.1 Å². The number of piperidine rings is 1. The number of halogens is 1. The molecular weight excluding hydrogens is 345 g/mol. The summed E-state index contributed by atoms with van der Waals surface area (Å²) in [7, 11) is 0. The van der Waals surface area contributed by atoms with E-state index in [1.807, 2.05) is 16.8 Å². The van der Waals surface area contributed by atoms with E-state index in [4.69, 9.17) is 0 Å². The third kappa shape index (κ3) is 3.92. The van der Waals surface area contributed by atoms with Gasteiger partial charge < -0.3 is 14.8 Å². The molecule has 1 aliphatic heterocycles. The van der Waals surface area contributed by atoms with Crippen LogP contribution < -0.4 is 10.2 Å². The lowest BCUT2D eigenvalue weighted by Crippen LogP contribution is -2.44. The molecule has 3 heterocycles. The van der Waals surface area contributed by atoms with Crippen LogP contribution in [0.15, 0.2) is 48.9 Å². The van der Waals surface area contributed by atoms with Crippen LogP contribution in [0.1, 0.15) is 12.8 Å². The van der Waals surface area contributed by atoms with Crippen molar-refractivity contribution in [3.05, 3.63) is 54.7 Å². The van der Waals surface area contributed by atoms with E-state index in [-0.39, 0.29) is 17.6 Å². The monoisotopic (exact) mass is 367 g/mol. The van der Waals surface area contributed by atoms with Gasteiger partial charge in [-0.2, -0.15) is 0 Å². The van der Waals surface area contributed by atoms with Crippen LogP contribution in [0.25, 0.3) is 10.9 Å². The molecule has 3 aromatic rings. The van der Waals surface area contributed by atoms with E-state index in [1.165, 1.54) is 12.1 Å². The van der Waals surface area contributed by atoms with Gasteiger partial charge in [0.25, 0.3) is 0 Å². The second-order valence-corrected chi connectivity index (χ2v) is 6.84. The van der Waals surface area contributed by atoms with Gasteiger partial charge >= 0.3 is 0 Å². The highest BCUT2D eigenvalue weighted by molar-refractivity contribution is 5.80. The van der Waals surface area contributed by atoms with Gasteiger partial charge in [-0.1, -0.05) is 0 Å². The van der Waals surface area contributed by atoms with Crippen molar-refractivity contribution in [2.75, 3.05) is 24.5 Å². The van der Waals surface area contributed by atoms with Crippen LogP contribution in [0.5, 0.6) is 0 Å². The lowest BCUT2D eigenvalue weighted by atomic mass is 9.97. The maximum Gasteiger partial charge on any atom is 0.225 e. The Morgan fingerprint density at radius 1 is 1.26 bits per heavy atom. The molecule has 1 N–H and O–H groups in total. The lowest BCUT2D eigenvalue weighted by Gasteiger charge is -2.31. The summed E-state index contributed by atoms with van der Waals surface area (Å²) in [5.74, 6) is 0.410. The predicted molar refractivity (Wildman–Crippen MR) is 102 cm³/mol. The number of nitrogens with zero attached hydrogens (tertiary/aromatic N) is 4. The fourth-order valence-electron chi connectivity index (χ4n) is 3.62. The van der Waals surface area contributed by atoms with Crippen molar-refractivity contribution in [2.45, 2.75) is 19.4 Å². The maximum atomic E-state index is 13.5. The first-order valence-electron chi connectivity index (χ1n) is 9.25. The summed E-state index contributed by atoms with van der Waals surface area (Å²) in [5.41, 5.74) is 0.842. The average molecular weight is 367 g/mol. The lowest BCUT2D eigenvalue weighted by molar-refractivity contribution is -0.125. The first-order valence-corrected chi connectivity index (χ1v) is 9.25. The molecule has 1 saturated heterocycles. The Bertz CT molecular complexity index is 927. The number of hydrogen-bond acceptors (Lipinski definition) is 4. The number of hydrogen-bond donors (Lipinski definition) is 1. The van der Waals surface area contributed by atoms with Crippen LogP contribution in [0.3, 0.4) is 0 Å². The summed E-state index contributed by atoms with van der Waals surface area (Å²) in [4.78, 5) is 23.2. The normalized spacial score (nSPS) is 17.2. The zero-order chi connectivity index (χ0) is 18.6. The van der Waals surface area contributed by atoms with Crippen molar-refractivity contribution < 1.29 is 9.18 Å². The first kappa shape index (κ1) is 17.5. The zero-order valence-corrected chi connectivity index (χ0v) is 15.0. The van der Waals surface area contributed by atoms with E-state index in [0.717, 1.165) is 30.3 Å². The Balaban J connectivity index is 1.33. The number of fused-ring (bicyclic) bond motifs is 1. The van der Waals surface area contributed by atoms with Crippen LogP contribution in [0.4, 0.5) is 10.3 Å². The Labute approximate surface area is 157 Å². The van der Waals surface area contributed by atoms with Gasteiger partial charge in [0.05, 0.1) is 11.4 Å². The van der Waals surface area contributed by atoms with Gasteiger partial charge in [0, 0.05) is 44.8 Å². The second kappa shape index (κ2) is 7.73. The average Bonchev–Trinajstić information content (AvgIpc) is 3.11. The van der Waals surface area contributed by atoms with E-state index in [0.29, 0.717) is 25.6 Å². The Morgan fingerprint density at radius 3 is 2.96 bits per heavy atom. The number of rotatable bonds is 5. The van der Waals surface area contributed by atoms with Crippen molar-refractivity contribution >= 4 is 22.8 Å². The van der Waals surface area contributed by atoms with Crippen LogP contribution in [0, 0.1) is 11.7 Å². The van der Waals surface area contributed by atoms with Crippen LogP contribution in [-0.2, 0) is 11.3 Å². The van der Waals surface area contributed by atoms with Gasteiger partial charge in [-0.15, -0.1) is 0 Å². The maximum absolute atomic E-state index is 13.5. The van der Waals surface area contributed by atoms with E-state index in [9.17, 15) is 9.18 Å². The molecular formula is C20H22FN5O. The molecule has 0 saturated carbocycles. The van der Waals surface area contributed by atoms with Gasteiger partial charge in [-0.05, 0) is 48.6 Å². The molecule has 1 aromatic carbocycles. The number of nitrogens with one attached hydrogen (secondary N) is 1. The summed E-state index contributed by atoms with van der Waals surface area (Å²) in [6.45, 7) is 2.62. The SMILES string of the molecule is O=C(NCCn1ccc2ccc(F)cc21)[C@H]1CCCN(c2ncccn2)C1. The van der Waals surface area contributed by atoms with Crippen molar-refractivity contribution in [1.29, 1.82) is 0 Å². The smallest absolute Gasteiger partial charge is 0.225 e. The standard InChI is InChI=1S/C20H22FN5O/c21-17-5-4-15-6-11-25(18(15)13-17)12-9-22-19(27)16-3-1-10-26(14-16)20-23-7-2-8-24-20/h2,4-8,11,13,16H,1,3,9-10,12,14H2,(H,22,27)/t16-/m0/s1. The summed E-state index contributed by atoms with van der Waals surface area (Å²) in [5, 5.41) is 4.01. The molecule has 2 aromatic heterocycles. The first-order chi connectivity index (χ1) is 13.2. The van der Waals surface area contributed by atoms with E-state index < -0.39 is 0 Å².